The fraction of sp³-hybridized carbons (Fsp3) is 0.818. The van der Waals surface area contributed by atoms with Crippen LogP contribution in [0.2, 0.25) is 6.04 Å². The molecule has 0 saturated heterocycles. The van der Waals surface area contributed by atoms with Gasteiger partial charge in [0.25, 0.3) is 0 Å². The maximum atomic E-state index is 11.0. The number of amides is 2. The molecule has 7 heteroatoms. The standard InChI is InChI=1S/C11H22N2O4Si/c1-3-5-6-7-8-16-10(14)12-13-11(15)17-18-9-4-2/h3-9,18H2,1-2H3. The van der Waals surface area contributed by atoms with Crippen LogP contribution < -0.4 is 0 Å². The number of carbonyl (C=O) groups is 2. The summed E-state index contributed by atoms with van der Waals surface area (Å²) in [5, 5.41) is 6.27. The van der Waals surface area contributed by atoms with Gasteiger partial charge in [0.05, 0.1) is 6.61 Å². The third-order valence-electron chi connectivity index (χ3n) is 2.16. The van der Waals surface area contributed by atoms with Crippen LogP contribution in [0, 0.1) is 0 Å². The fourth-order valence-corrected chi connectivity index (χ4v) is 1.80. The van der Waals surface area contributed by atoms with Crippen LogP contribution in [0.25, 0.3) is 0 Å². The topological polar surface area (TPSA) is 77.3 Å². The van der Waals surface area contributed by atoms with Crippen molar-refractivity contribution < 1.29 is 18.8 Å². The lowest BCUT2D eigenvalue weighted by Gasteiger charge is -2.00. The van der Waals surface area contributed by atoms with E-state index in [0.29, 0.717) is 6.61 Å². The van der Waals surface area contributed by atoms with Crippen molar-refractivity contribution in [3.63, 3.8) is 0 Å². The molecule has 0 N–H and O–H groups in total. The Morgan fingerprint density at radius 3 is 2.39 bits per heavy atom. The quantitative estimate of drug-likeness (QED) is 0.387. The van der Waals surface area contributed by atoms with Crippen LogP contribution in [0.3, 0.4) is 0 Å². The molecule has 104 valence electrons. The molecular formula is C11H22N2O4Si. The normalized spacial score (nSPS) is 11.2. The maximum absolute atomic E-state index is 11.0. The summed E-state index contributed by atoms with van der Waals surface area (Å²) in [6.07, 6.45) is 3.43. The highest BCUT2D eigenvalue weighted by Gasteiger charge is 2.03. The van der Waals surface area contributed by atoms with Gasteiger partial charge in [-0.25, -0.2) is 9.59 Å². The van der Waals surface area contributed by atoms with E-state index in [0.717, 1.165) is 38.1 Å². The number of rotatable bonds is 8. The van der Waals surface area contributed by atoms with Crippen molar-refractivity contribution in [2.24, 2.45) is 10.2 Å². The lowest BCUT2D eigenvalue weighted by atomic mass is 10.2. The summed E-state index contributed by atoms with van der Waals surface area (Å²) >= 11 is 0. The van der Waals surface area contributed by atoms with Crippen molar-refractivity contribution >= 4 is 21.9 Å². The molecule has 0 radical (unpaired) electrons. The Balaban J connectivity index is 3.57. The third-order valence-corrected chi connectivity index (χ3v) is 3.61. The van der Waals surface area contributed by atoms with Gasteiger partial charge in [-0.2, -0.15) is 0 Å². The van der Waals surface area contributed by atoms with Crippen LogP contribution in [0.1, 0.15) is 46.0 Å². The maximum Gasteiger partial charge on any atom is 0.452 e. The van der Waals surface area contributed by atoms with Gasteiger partial charge < -0.3 is 9.16 Å². The predicted molar refractivity (Wildman–Crippen MR) is 70.5 cm³/mol. The Labute approximate surface area is 110 Å². The number of nitrogens with zero attached hydrogens (tertiary/aromatic N) is 2. The Morgan fingerprint density at radius 1 is 1.00 bits per heavy atom. The largest absolute Gasteiger partial charge is 0.507 e. The lowest BCUT2D eigenvalue weighted by Crippen LogP contribution is -2.05. The van der Waals surface area contributed by atoms with E-state index in [1.54, 1.807) is 0 Å². The first-order valence-electron chi connectivity index (χ1n) is 6.46. The number of hydrogen-bond acceptors (Lipinski definition) is 4. The highest BCUT2D eigenvalue weighted by molar-refractivity contribution is 6.30. The summed E-state index contributed by atoms with van der Waals surface area (Å²) in [6.45, 7) is 4.43. The van der Waals surface area contributed by atoms with Gasteiger partial charge in [0.2, 0.25) is 9.76 Å². The van der Waals surface area contributed by atoms with E-state index in [4.69, 9.17) is 9.16 Å². The average molecular weight is 274 g/mol. The van der Waals surface area contributed by atoms with E-state index in [2.05, 4.69) is 17.2 Å². The van der Waals surface area contributed by atoms with Gasteiger partial charge in [-0.15, -0.1) is 0 Å². The summed E-state index contributed by atoms with van der Waals surface area (Å²) in [5.41, 5.74) is 0. The predicted octanol–water partition coefficient (Wildman–Crippen LogP) is 3.20. The number of azo groups is 1. The molecule has 6 nitrogen and oxygen atoms in total. The molecule has 0 atom stereocenters. The molecule has 2 amide bonds. The van der Waals surface area contributed by atoms with Gasteiger partial charge in [-0.1, -0.05) is 49.8 Å². The first-order chi connectivity index (χ1) is 8.70. The second kappa shape index (κ2) is 12.2. The number of carbonyl (C=O) groups excluding carboxylic acids is 2. The molecule has 0 aliphatic heterocycles. The molecule has 18 heavy (non-hydrogen) atoms. The zero-order chi connectivity index (χ0) is 13.6. The second-order valence-corrected chi connectivity index (χ2v) is 5.25. The van der Waals surface area contributed by atoms with Crippen LogP contribution >= 0.6 is 0 Å². The van der Waals surface area contributed by atoms with Gasteiger partial charge in [-0.05, 0) is 12.5 Å². The molecule has 0 aromatic carbocycles. The van der Waals surface area contributed by atoms with Crippen molar-refractivity contribution in [2.45, 2.75) is 52.0 Å². The molecule has 0 unspecified atom stereocenters. The van der Waals surface area contributed by atoms with Crippen molar-refractivity contribution in [2.75, 3.05) is 6.61 Å². The van der Waals surface area contributed by atoms with Gasteiger partial charge in [0.1, 0.15) is 0 Å². The first kappa shape index (κ1) is 16.8. The Morgan fingerprint density at radius 2 is 1.72 bits per heavy atom. The molecule has 0 aliphatic carbocycles. The monoisotopic (exact) mass is 274 g/mol. The van der Waals surface area contributed by atoms with Crippen molar-refractivity contribution in [1.82, 2.24) is 0 Å². The summed E-state index contributed by atoms with van der Waals surface area (Å²) in [7, 11) is -0.862. The zero-order valence-corrected chi connectivity index (χ0v) is 12.6. The van der Waals surface area contributed by atoms with Crippen LogP contribution in [0.5, 0.6) is 0 Å². The molecule has 0 aromatic heterocycles. The molecule has 0 aromatic rings. The molecule has 0 rings (SSSR count). The second-order valence-electron chi connectivity index (χ2n) is 3.84. The lowest BCUT2D eigenvalue weighted by molar-refractivity contribution is 0.152. The Kier molecular flexibility index (Phi) is 11.4. The number of ether oxygens (including phenoxy) is 1. The summed E-state index contributed by atoms with van der Waals surface area (Å²) < 4.78 is 9.59. The van der Waals surface area contributed by atoms with Crippen LogP contribution in [0.4, 0.5) is 9.59 Å². The van der Waals surface area contributed by atoms with Crippen molar-refractivity contribution in [1.29, 1.82) is 0 Å². The number of hydrogen-bond donors (Lipinski definition) is 0. The van der Waals surface area contributed by atoms with E-state index >= 15 is 0 Å². The van der Waals surface area contributed by atoms with Crippen LogP contribution in [-0.2, 0) is 9.16 Å². The van der Waals surface area contributed by atoms with Gasteiger partial charge >= 0.3 is 12.2 Å². The first-order valence-corrected chi connectivity index (χ1v) is 8.03. The van der Waals surface area contributed by atoms with E-state index < -0.39 is 21.9 Å². The summed E-state index contributed by atoms with van der Waals surface area (Å²) in [6, 6.07) is 0.906. The zero-order valence-electron chi connectivity index (χ0n) is 11.2. The third kappa shape index (κ3) is 11.2. The van der Waals surface area contributed by atoms with E-state index in [1.807, 2.05) is 6.92 Å². The Bertz CT molecular complexity index is 272. The van der Waals surface area contributed by atoms with Gasteiger partial charge in [0, 0.05) is 0 Å². The highest BCUT2D eigenvalue weighted by Crippen LogP contribution is 2.00. The minimum atomic E-state index is -0.862. The minimum Gasteiger partial charge on any atom is -0.507 e. The molecular weight excluding hydrogens is 252 g/mol. The summed E-state index contributed by atoms with van der Waals surface area (Å²) in [4.78, 5) is 22.0. The average Bonchev–Trinajstić information content (AvgIpc) is 2.36. The molecule has 0 heterocycles. The molecule has 0 saturated carbocycles. The SMILES string of the molecule is CCCCCCOC(=O)N=NC(=O)O[SiH2]CCC. The van der Waals surface area contributed by atoms with Crippen LogP contribution in [0.15, 0.2) is 10.2 Å². The van der Waals surface area contributed by atoms with E-state index in [-0.39, 0.29) is 0 Å². The molecule has 0 aliphatic rings. The molecule has 0 bridgehead atoms. The molecule has 0 fully saturated rings. The van der Waals surface area contributed by atoms with Gasteiger partial charge in [-0.3, -0.25) is 0 Å². The minimum absolute atomic E-state index is 0.317. The smallest absolute Gasteiger partial charge is 0.452 e. The molecule has 0 spiro atoms. The van der Waals surface area contributed by atoms with E-state index in [9.17, 15) is 9.59 Å². The van der Waals surface area contributed by atoms with Gasteiger partial charge in [0.15, 0.2) is 0 Å². The highest BCUT2D eigenvalue weighted by atomic mass is 28.2. The fourth-order valence-electron chi connectivity index (χ4n) is 1.13. The van der Waals surface area contributed by atoms with Crippen molar-refractivity contribution in [3.05, 3.63) is 0 Å². The number of unbranched alkanes of at least 4 members (excludes halogenated alkanes) is 3. The van der Waals surface area contributed by atoms with E-state index in [1.165, 1.54) is 0 Å². The van der Waals surface area contributed by atoms with Crippen LogP contribution in [-0.4, -0.2) is 28.6 Å². The Hall–Kier alpha value is -1.24. The van der Waals surface area contributed by atoms with Crippen molar-refractivity contribution in [3.8, 4) is 0 Å². The summed E-state index contributed by atoms with van der Waals surface area (Å²) in [5.74, 6) is 0.